The lowest BCUT2D eigenvalue weighted by Gasteiger charge is -2.40. The Morgan fingerprint density at radius 3 is 2.71 bits per heavy atom. The van der Waals surface area contributed by atoms with Gasteiger partial charge in [0.15, 0.2) is 0 Å². The number of nitrogens with one attached hydrogen (secondary N) is 2. The molecule has 2 heterocycles. The van der Waals surface area contributed by atoms with Crippen molar-refractivity contribution in [1.82, 2.24) is 15.2 Å². The van der Waals surface area contributed by atoms with Gasteiger partial charge in [-0.15, -0.1) is 0 Å². The SMILES string of the molecule is CNc1cc(C)ncc1C(=O)N1CC(=O)NC(=O)C1(C)C. The van der Waals surface area contributed by atoms with Crippen molar-refractivity contribution in [3.05, 3.63) is 23.5 Å². The summed E-state index contributed by atoms with van der Waals surface area (Å²) in [4.78, 5) is 41.6. The molecule has 0 aromatic carbocycles. The molecule has 0 saturated carbocycles. The van der Waals surface area contributed by atoms with Gasteiger partial charge in [-0.05, 0) is 26.8 Å². The van der Waals surface area contributed by atoms with Crippen LogP contribution in [0.2, 0.25) is 0 Å². The second kappa shape index (κ2) is 5.16. The lowest BCUT2D eigenvalue weighted by Crippen LogP contribution is -2.65. The molecule has 0 radical (unpaired) electrons. The summed E-state index contributed by atoms with van der Waals surface area (Å²) in [6.45, 7) is 4.87. The minimum absolute atomic E-state index is 0.158. The van der Waals surface area contributed by atoms with Crippen molar-refractivity contribution < 1.29 is 14.4 Å². The number of aryl methyl sites for hydroxylation is 1. The molecule has 0 aliphatic carbocycles. The third-order valence-electron chi connectivity index (χ3n) is 3.57. The minimum Gasteiger partial charge on any atom is -0.387 e. The van der Waals surface area contributed by atoms with E-state index in [1.54, 1.807) is 27.0 Å². The number of nitrogens with zero attached hydrogens (tertiary/aromatic N) is 2. The van der Waals surface area contributed by atoms with Crippen LogP contribution in [0.4, 0.5) is 5.69 Å². The Kier molecular flexibility index (Phi) is 3.67. The van der Waals surface area contributed by atoms with Crippen LogP contribution in [0, 0.1) is 6.92 Å². The van der Waals surface area contributed by atoms with Gasteiger partial charge in [0.25, 0.3) is 11.8 Å². The third kappa shape index (κ3) is 2.58. The number of pyridine rings is 1. The summed E-state index contributed by atoms with van der Waals surface area (Å²) in [5.41, 5.74) is 0.615. The molecule has 1 aliphatic rings. The Bertz CT molecular complexity index is 625. The summed E-state index contributed by atoms with van der Waals surface area (Å²) < 4.78 is 0. The van der Waals surface area contributed by atoms with Crippen molar-refractivity contribution in [1.29, 1.82) is 0 Å². The van der Waals surface area contributed by atoms with Crippen LogP contribution in [0.15, 0.2) is 12.3 Å². The molecule has 112 valence electrons. The number of carbonyl (C=O) groups is 3. The van der Waals surface area contributed by atoms with E-state index in [0.29, 0.717) is 11.3 Å². The summed E-state index contributed by atoms with van der Waals surface area (Å²) in [5.74, 6) is -1.38. The molecule has 3 amide bonds. The Morgan fingerprint density at radius 1 is 1.43 bits per heavy atom. The van der Waals surface area contributed by atoms with Gasteiger partial charge < -0.3 is 10.2 Å². The zero-order valence-electron chi connectivity index (χ0n) is 12.5. The normalized spacial score (nSPS) is 17.4. The van der Waals surface area contributed by atoms with Crippen molar-refractivity contribution in [2.45, 2.75) is 26.3 Å². The number of hydrogen-bond acceptors (Lipinski definition) is 5. The summed E-state index contributed by atoms with van der Waals surface area (Å²) >= 11 is 0. The van der Waals surface area contributed by atoms with Crippen LogP contribution in [-0.4, -0.2) is 46.7 Å². The van der Waals surface area contributed by atoms with E-state index in [4.69, 9.17) is 0 Å². The molecule has 0 spiro atoms. The number of hydrogen-bond donors (Lipinski definition) is 2. The molecular formula is C14H18N4O3. The van der Waals surface area contributed by atoms with E-state index < -0.39 is 23.3 Å². The van der Waals surface area contributed by atoms with E-state index >= 15 is 0 Å². The van der Waals surface area contributed by atoms with E-state index in [1.165, 1.54) is 11.1 Å². The summed E-state index contributed by atoms with van der Waals surface area (Å²) in [6.07, 6.45) is 1.45. The number of rotatable bonds is 2. The Balaban J connectivity index is 2.43. The molecule has 1 fully saturated rings. The topological polar surface area (TPSA) is 91.4 Å². The van der Waals surface area contributed by atoms with E-state index in [0.717, 1.165) is 5.69 Å². The highest BCUT2D eigenvalue weighted by Crippen LogP contribution is 2.24. The Hall–Kier alpha value is -2.44. The van der Waals surface area contributed by atoms with Gasteiger partial charge in [-0.3, -0.25) is 24.7 Å². The molecule has 0 atom stereocenters. The number of anilines is 1. The van der Waals surface area contributed by atoms with Gasteiger partial charge in [0, 0.05) is 18.9 Å². The minimum atomic E-state index is -1.10. The largest absolute Gasteiger partial charge is 0.387 e. The highest BCUT2D eigenvalue weighted by atomic mass is 16.2. The van der Waals surface area contributed by atoms with Gasteiger partial charge in [0.05, 0.1) is 11.3 Å². The van der Waals surface area contributed by atoms with Gasteiger partial charge in [-0.1, -0.05) is 0 Å². The molecule has 0 unspecified atom stereocenters. The number of aromatic nitrogens is 1. The predicted octanol–water partition coefficient (Wildman–Crippen LogP) is 0.309. The van der Waals surface area contributed by atoms with Gasteiger partial charge in [-0.2, -0.15) is 0 Å². The molecule has 2 N–H and O–H groups in total. The Labute approximate surface area is 122 Å². The van der Waals surface area contributed by atoms with Crippen LogP contribution in [-0.2, 0) is 9.59 Å². The number of amides is 3. The van der Waals surface area contributed by atoms with Gasteiger partial charge in [-0.25, -0.2) is 0 Å². The molecule has 1 aromatic rings. The second-order valence-corrected chi connectivity index (χ2v) is 5.45. The first kappa shape index (κ1) is 15.0. The first-order valence-electron chi connectivity index (χ1n) is 6.58. The maximum atomic E-state index is 12.7. The molecule has 1 saturated heterocycles. The predicted molar refractivity (Wildman–Crippen MR) is 76.8 cm³/mol. The molecule has 7 nitrogen and oxygen atoms in total. The lowest BCUT2D eigenvalue weighted by molar-refractivity contribution is -0.143. The number of imide groups is 1. The van der Waals surface area contributed by atoms with Crippen LogP contribution < -0.4 is 10.6 Å². The zero-order chi connectivity index (χ0) is 15.8. The van der Waals surface area contributed by atoms with E-state index in [1.807, 2.05) is 6.92 Å². The first-order valence-corrected chi connectivity index (χ1v) is 6.58. The third-order valence-corrected chi connectivity index (χ3v) is 3.57. The van der Waals surface area contributed by atoms with Crippen LogP contribution in [0.25, 0.3) is 0 Å². The quantitative estimate of drug-likeness (QED) is 0.765. The van der Waals surface area contributed by atoms with Crippen molar-refractivity contribution in [2.24, 2.45) is 0 Å². The van der Waals surface area contributed by atoms with Gasteiger partial charge in [0.2, 0.25) is 5.91 Å². The smallest absolute Gasteiger partial charge is 0.258 e. The first-order chi connectivity index (χ1) is 9.77. The molecule has 1 aromatic heterocycles. The van der Waals surface area contributed by atoms with Crippen molar-refractivity contribution in [3.63, 3.8) is 0 Å². The van der Waals surface area contributed by atoms with Crippen molar-refractivity contribution in [3.8, 4) is 0 Å². The van der Waals surface area contributed by atoms with E-state index in [2.05, 4.69) is 15.6 Å². The average Bonchev–Trinajstić information content (AvgIpc) is 2.42. The second-order valence-electron chi connectivity index (χ2n) is 5.45. The summed E-state index contributed by atoms with van der Waals surface area (Å²) in [7, 11) is 1.70. The molecule has 0 bridgehead atoms. The standard InChI is InChI=1S/C14H18N4O3/c1-8-5-10(15-4)9(6-16-8)12(20)18-7-11(19)17-13(21)14(18,2)3/h5-6H,7H2,1-4H3,(H,15,16)(H,17,19,21). The van der Waals surface area contributed by atoms with Crippen LogP contribution in [0.1, 0.15) is 29.9 Å². The molecular weight excluding hydrogens is 272 g/mol. The van der Waals surface area contributed by atoms with E-state index in [9.17, 15) is 14.4 Å². The van der Waals surface area contributed by atoms with Crippen LogP contribution >= 0.6 is 0 Å². The summed E-state index contributed by atoms with van der Waals surface area (Å²) in [5, 5.41) is 5.17. The maximum Gasteiger partial charge on any atom is 0.258 e. The van der Waals surface area contributed by atoms with E-state index in [-0.39, 0.29) is 6.54 Å². The van der Waals surface area contributed by atoms with Crippen LogP contribution in [0.5, 0.6) is 0 Å². The van der Waals surface area contributed by atoms with Gasteiger partial charge >= 0.3 is 0 Å². The number of carbonyl (C=O) groups excluding carboxylic acids is 3. The van der Waals surface area contributed by atoms with Crippen molar-refractivity contribution >= 4 is 23.4 Å². The monoisotopic (exact) mass is 290 g/mol. The summed E-state index contributed by atoms with van der Waals surface area (Å²) in [6, 6.07) is 1.74. The molecule has 21 heavy (non-hydrogen) atoms. The van der Waals surface area contributed by atoms with Crippen molar-refractivity contribution in [2.75, 3.05) is 18.9 Å². The molecule has 2 rings (SSSR count). The highest BCUT2D eigenvalue weighted by molar-refractivity contribution is 6.10. The number of piperazine rings is 1. The zero-order valence-corrected chi connectivity index (χ0v) is 12.5. The lowest BCUT2D eigenvalue weighted by atomic mass is 9.97. The maximum absolute atomic E-state index is 12.7. The average molecular weight is 290 g/mol. The fourth-order valence-electron chi connectivity index (χ4n) is 2.19. The fourth-order valence-corrected chi connectivity index (χ4v) is 2.19. The van der Waals surface area contributed by atoms with Gasteiger partial charge in [0.1, 0.15) is 12.1 Å². The fraction of sp³-hybridized carbons (Fsp3) is 0.429. The highest BCUT2D eigenvalue weighted by Gasteiger charge is 2.44. The molecule has 1 aliphatic heterocycles. The van der Waals surface area contributed by atoms with Crippen LogP contribution in [0.3, 0.4) is 0 Å². The molecule has 7 heteroatoms. The Morgan fingerprint density at radius 2 is 2.10 bits per heavy atom.